The quantitative estimate of drug-likeness (QED) is 0.811. The summed E-state index contributed by atoms with van der Waals surface area (Å²) >= 11 is 6.22. The highest BCUT2D eigenvalue weighted by atomic mass is 35.5. The van der Waals surface area contributed by atoms with Crippen molar-refractivity contribution >= 4 is 39.1 Å². The first-order valence-electron chi connectivity index (χ1n) is 9.11. The van der Waals surface area contributed by atoms with Crippen LogP contribution in [-0.2, 0) is 14.8 Å². The summed E-state index contributed by atoms with van der Waals surface area (Å²) in [7, 11) is -3.67. The van der Waals surface area contributed by atoms with Crippen LogP contribution in [0.25, 0.3) is 0 Å². The minimum atomic E-state index is -3.67. The number of fused-ring (bicyclic) bond motifs is 1. The van der Waals surface area contributed by atoms with Crippen molar-refractivity contribution in [1.82, 2.24) is 4.90 Å². The normalized spacial score (nSPS) is 20.4. The van der Waals surface area contributed by atoms with Gasteiger partial charge in [0.05, 0.1) is 16.6 Å². The lowest BCUT2D eigenvalue weighted by Crippen LogP contribution is -2.43. The van der Waals surface area contributed by atoms with Crippen LogP contribution in [0.3, 0.4) is 0 Å². The molecule has 146 valence electrons. The first kappa shape index (κ1) is 19.0. The van der Waals surface area contributed by atoms with E-state index in [4.69, 9.17) is 11.6 Å². The molecule has 1 N–H and O–H groups in total. The van der Waals surface area contributed by atoms with Gasteiger partial charge in [-0.3, -0.25) is 4.79 Å². The third-order valence-corrected chi connectivity index (χ3v) is 6.72. The zero-order chi connectivity index (χ0) is 19.9. The number of halogens is 1. The summed E-state index contributed by atoms with van der Waals surface area (Å²) in [6, 6.07) is 12.3. The van der Waals surface area contributed by atoms with Crippen molar-refractivity contribution < 1.29 is 13.2 Å². The maximum absolute atomic E-state index is 12.8. The number of anilines is 1. The third kappa shape index (κ3) is 3.52. The van der Waals surface area contributed by atoms with Crippen LogP contribution in [0.5, 0.6) is 0 Å². The Labute approximate surface area is 169 Å². The van der Waals surface area contributed by atoms with Crippen molar-refractivity contribution in [1.29, 1.82) is 0 Å². The second kappa shape index (κ2) is 7.22. The number of sulfonamides is 1. The van der Waals surface area contributed by atoms with Gasteiger partial charge in [0.2, 0.25) is 5.91 Å². The Morgan fingerprint density at radius 2 is 2.04 bits per heavy atom. The maximum Gasteiger partial charge on any atom is 0.285 e. The molecule has 4 rings (SSSR count). The summed E-state index contributed by atoms with van der Waals surface area (Å²) in [6.07, 6.45) is 1.51. The Morgan fingerprint density at radius 3 is 2.82 bits per heavy atom. The number of piperidine rings is 1. The lowest BCUT2D eigenvalue weighted by atomic mass is 9.96. The van der Waals surface area contributed by atoms with E-state index in [0.717, 1.165) is 18.4 Å². The van der Waals surface area contributed by atoms with Gasteiger partial charge in [0, 0.05) is 18.7 Å². The number of likely N-dealkylation sites (tertiary alicyclic amines) is 1. The van der Waals surface area contributed by atoms with Crippen LogP contribution in [0.1, 0.15) is 24.0 Å². The molecule has 1 saturated heterocycles. The fourth-order valence-electron chi connectivity index (χ4n) is 3.66. The Balaban J connectivity index is 1.53. The zero-order valence-electron chi connectivity index (χ0n) is 15.4. The second-order valence-corrected chi connectivity index (χ2v) is 9.12. The van der Waals surface area contributed by atoms with Crippen LogP contribution in [0.15, 0.2) is 51.8 Å². The first-order chi connectivity index (χ1) is 13.3. The average Bonchev–Trinajstić information content (AvgIpc) is 2.96. The number of amides is 1. The molecular formula is C20H20ClN3O3S. The SMILES string of the molecule is Cc1ccc(NC(=O)C2CCCN(C3=NS(=O)(=O)c4ccccc43)C2)c(Cl)c1. The number of carbonyl (C=O) groups is 1. The molecule has 2 aliphatic rings. The van der Waals surface area contributed by atoms with E-state index >= 15 is 0 Å². The predicted octanol–water partition coefficient (Wildman–Crippen LogP) is 3.45. The highest BCUT2D eigenvalue weighted by Gasteiger charge is 2.35. The molecule has 0 aliphatic carbocycles. The van der Waals surface area contributed by atoms with Crippen LogP contribution in [0.4, 0.5) is 5.69 Å². The summed E-state index contributed by atoms with van der Waals surface area (Å²) in [5.41, 5.74) is 2.21. The fourth-order valence-corrected chi connectivity index (χ4v) is 5.17. The number of amidine groups is 1. The molecule has 8 heteroatoms. The molecular weight excluding hydrogens is 398 g/mol. The number of hydrogen-bond donors (Lipinski definition) is 1. The summed E-state index contributed by atoms with van der Waals surface area (Å²) < 4.78 is 28.6. The molecule has 0 radical (unpaired) electrons. The second-order valence-electron chi connectivity index (χ2n) is 7.14. The van der Waals surface area contributed by atoms with E-state index in [1.165, 1.54) is 0 Å². The number of nitrogens with one attached hydrogen (secondary N) is 1. The topological polar surface area (TPSA) is 78.8 Å². The lowest BCUT2D eigenvalue weighted by Gasteiger charge is -2.33. The van der Waals surface area contributed by atoms with Gasteiger partial charge < -0.3 is 10.2 Å². The van der Waals surface area contributed by atoms with Gasteiger partial charge in [0.25, 0.3) is 10.0 Å². The number of hydrogen-bond acceptors (Lipinski definition) is 4. The monoisotopic (exact) mass is 417 g/mol. The average molecular weight is 418 g/mol. The van der Waals surface area contributed by atoms with Gasteiger partial charge in [-0.2, -0.15) is 8.42 Å². The lowest BCUT2D eigenvalue weighted by molar-refractivity contribution is -0.121. The van der Waals surface area contributed by atoms with Crippen molar-refractivity contribution in [2.45, 2.75) is 24.7 Å². The van der Waals surface area contributed by atoms with E-state index in [2.05, 4.69) is 9.71 Å². The minimum absolute atomic E-state index is 0.120. The maximum atomic E-state index is 12.8. The van der Waals surface area contributed by atoms with Gasteiger partial charge >= 0.3 is 0 Å². The molecule has 0 spiro atoms. The Kier molecular flexibility index (Phi) is 4.89. The van der Waals surface area contributed by atoms with Gasteiger partial charge in [-0.25, -0.2) is 0 Å². The van der Waals surface area contributed by atoms with Crippen molar-refractivity contribution in [2.24, 2.45) is 10.3 Å². The van der Waals surface area contributed by atoms with Gasteiger partial charge in [-0.15, -0.1) is 4.40 Å². The summed E-state index contributed by atoms with van der Waals surface area (Å²) in [5.74, 6) is 0.0379. The third-order valence-electron chi connectivity index (χ3n) is 5.09. The van der Waals surface area contributed by atoms with E-state index in [1.54, 1.807) is 36.4 Å². The van der Waals surface area contributed by atoms with Crippen molar-refractivity contribution in [2.75, 3.05) is 18.4 Å². The summed E-state index contributed by atoms with van der Waals surface area (Å²) in [6.45, 7) is 3.01. The standard InChI is InChI=1S/C20H20ClN3O3S/c1-13-8-9-17(16(21)11-13)22-20(25)14-5-4-10-24(12-14)19-15-6-2-3-7-18(15)28(26,27)23-19/h2-3,6-9,11,14H,4-5,10,12H2,1H3,(H,22,25). The van der Waals surface area contributed by atoms with E-state index in [0.29, 0.717) is 35.2 Å². The van der Waals surface area contributed by atoms with Crippen LogP contribution >= 0.6 is 11.6 Å². The molecule has 2 aromatic rings. The van der Waals surface area contributed by atoms with Crippen molar-refractivity contribution in [3.05, 3.63) is 58.6 Å². The first-order valence-corrected chi connectivity index (χ1v) is 10.9. The van der Waals surface area contributed by atoms with Crippen LogP contribution in [0.2, 0.25) is 5.02 Å². The van der Waals surface area contributed by atoms with Crippen LogP contribution in [-0.4, -0.2) is 38.2 Å². The molecule has 28 heavy (non-hydrogen) atoms. The Hall–Kier alpha value is -2.38. The van der Waals surface area contributed by atoms with E-state index in [1.807, 2.05) is 17.9 Å². The number of rotatable bonds is 2. The van der Waals surface area contributed by atoms with Gasteiger partial charge in [-0.05, 0) is 49.6 Å². The molecule has 1 amide bonds. The molecule has 1 atom stereocenters. The molecule has 2 aliphatic heterocycles. The summed E-state index contributed by atoms with van der Waals surface area (Å²) in [5, 5.41) is 3.40. The Bertz CT molecular complexity index is 1080. The van der Waals surface area contributed by atoms with Crippen LogP contribution in [0, 0.1) is 12.8 Å². The largest absolute Gasteiger partial charge is 0.355 e. The molecule has 1 fully saturated rings. The molecule has 0 saturated carbocycles. The summed E-state index contributed by atoms with van der Waals surface area (Å²) in [4.78, 5) is 14.9. The zero-order valence-corrected chi connectivity index (χ0v) is 16.9. The molecule has 0 bridgehead atoms. The Morgan fingerprint density at radius 1 is 1.25 bits per heavy atom. The van der Waals surface area contributed by atoms with Crippen molar-refractivity contribution in [3.8, 4) is 0 Å². The van der Waals surface area contributed by atoms with Crippen molar-refractivity contribution in [3.63, 3.8) is 0 Å². The highest BCUT2D eigenvalue weighted by Crippen LogP contribution is 2.30. The fraction of sp³-hybridized carbons (Fsp3) is 0.300. The molecule has 2 heterocycles. The minimum Gasteiger partial charge on any atom is -0.355 e. The predicted molar refractivity (Wildman–Crippen MR) is 109 cm³/mol. The molecule has 2 aromatic carbocycles. The molecule has 0 aromatic heterocycles. The van der Waals surface area contributed by atoms with Gasteiger partial charge in [0.15, 0.2) is 5.84 Å². The number of benzene rings is 2. The highest BCUT2D eigenvalue weighted by molar-refractivity contribution is 7.90. The van der Waals surface area contributed by atoms with Crippen LogP contribution < -0.4 is 5.32 Å². The van der Waals surface area contributed by atoms with Gasteiger partial charge in [-0.1, -0.05) is 29.8 Å². The van der Waals surface area contributed by atoms with Gasteiger partial charge in [0.1, 0.15) is 4.90 Å². The number of aryl methyl sites for hydroxylation is 1. The number of nitrogens with zero attached hydrogens (tertiary/aromatic N) is 2. The molecule has 1 unspecified atom stereocenters. The van der Waals surface area contributed by atoms with E-state index in [9.17, 15) is 13.2 Å². The molecule has 6 nitrogen and oxygen atoms in total. The smallest absolute Gasteiger partial charge is 0.285 e. The van der Waals surface area contributed by atoms with E-state index in [-0.39, 0.29) is 16.7 Å². The van der Waals surface area contributed by atoms with E-state index < -0.39 is 10.0 Å². The number of carbonyl (C=O) groups excluding carboxylic acids is 1.